The normalized spacial score (nSPS) is 10.9. The molecule has 0 radical (unpaired) electrons. The van der Waals surface area contributed by atoms with Crippen LogP contribution in [0, 0.1) is 0 Å². The van der Waals surface area contributed by atoms with Gasteiger partial charge in [0.25, 0.3) is 0 Å². The Kier molecular flexibility index (Phi) is 4.86. The van der Waals surface area contributed by atoms with Gasteiger partial charge in [-0.2, -0.15) is 0 Å². The Morgan fingerprint density at radius 3 is 2.79 bits per heavy atom. The molecule has 0 saturated carbocycles. The molecule has 4 nitrogen and oxygen atoms in total. The van der Waals surface area contributed by atoms with Gasteiger partial charge in [-0.05, 0) is 13.3 Å². The van der Waals surface area contributed by atoms with Crippen LogP contribution < -0.4 is 0 Å². The lowest BCUT2D eigenvalue weighted by Gasteiger charge is -2.15. The van der Waals surface area contributed by atoms with E-state index in [2.05, 4.69) is 9.97 Å². The van der Waals surface area contributed by atoms with Crippen molar-refractivity contribution in [2.24, 2.45) is 0 Å². The van der Waals surface area contributed by atoms with Crippen molar-refractivity contribution in [1.29, 1.82) is 0 Å². The molecule has 1 N–H and O–H groups in total. The lowest BCUT2D eigenvalue weighted by atomic mass is 10.4. The second kappa shape index (κ2) is 5.95. The van der Waals surface area contributed by atoms with Crippen LogP contribution in [0.3, 0.4) is 0 Å². The number of hydrogen-bond donors (Lipinski definition) is 1. The van der Waals surface area contributed by atoms with Gasteiger partial charge >= 0.3 is 0 Å². The van der Waals surface area contributed by atoms with E-state index in [0.29, 0.717) is 6.54 Å². The van der Waals surface area contributed by atoms with Crippen molar-refractivity contribution in [1.82, 2.24) is 14.9 Å². The molecule has 0 spiro atoms. The number of rotatable bonds is 5. The first-order valence-electron chi connectivity index (χ1n) is 4.41. The molecule has 1 aromatic heterocycles. The summed E-state index contributed by atoms with van der Waals surface area (Å²) in [5.74, 6) is 0. The Bertz CT molecular complexity index is 283. The molecule has 1 heterocycles. The highest BCUT2D eigenvalue weighted by atomic mass is 32.2. The predicted molar refractivity (Wildman–Crippen MR) is 57.2 cm³/mol. The van der Waals surface area contributed by atoms with E-state index in [1.165, 1.54) is 0 Å². The van der Waals surface area contributed by atoms with E-state index >= 15 is 0 Å². The Labute approximate surface area is 88.4 Å². The lowest BCUT2D eigenvalue weighted by molar-refractivity contribution is 0.215. The molecular formula is C9H15N3OS. The first-order valence-corrected chi connectivity index (χ1v) is 5.63. The van der Waals surface area contributed by atoms with Crippen molar-refractivity contribution in [2.75, 3.05) is 26.5 Å². The lowest BCUT2D eigenvalue weighted by Crippen LogP contribution is -2.22. The van der Waals surface area contributed by atoms with Crippen molar-refractivity contribution in [3.63, 3.8) is 0 Å². The summed E-state index contributed by atoms with van der Waals surface area (Å²) in [4.78, 5) is 10.5. The molecule has 0 aliphatic carbocycles. The largest absolute Gasteiger partial charge is 0.395 e. The number of likely N-dealkylation sites (N-methyl/N-ethyl adjacent to an activating group) is 1. The molecule has 0 bridgehead atoms. The minimum atomic E-state index is 0.172. The Morgan fingerprint density at radius 1 is 1.43 bits per heavy atom. The van der Waals surface area contributed by atoms with E-state index in [1.807, 2.05) is 18.2 Å². The maximum absolute atomic E-state index is 8.76. The van der Waals surface area contributed by atoms with E-state index < -0.39 is 0 Å². The van der Waals surface area contributed by atoms with E-state index in [-0.39, 0.29) is 6.61 Å². The third-order valence-electron chi connectivity index (χ3n) is 1.83. The summed E-state index contributed by atoms with van der Waals surface area (Å²) in [7, 11) is 1.95. The van der Waals surface area contributed by atoms with Crippen molar-refractivity contribution in [3.05, 3.63) is 18.1 Å². The minimum absolute atomic E-state index is 0.172. The fraction of sp³-hybridized carbons (Fsp3) is 0.556. The highest BCUT2D eigenvalue weighted by Gasteiger charge is 2.06. The van der Waals surface area contributed by atoms with Gasteiger partial charge in [-0.1, -0.05) is 0 Å². The Morgan fingerprint density at radius 2 is 2.14 bits per heavy atom. The standard InChI is InChI=1S/C9H15N3OS/c1-12(5-6-13)7-8-9(14-2)11-4-3-10-8/h3-4,13H,5-7H2,1-2H3. The van der Waals surface area contributed by atoms with Crippen LogP contribution in [-0.2, 0) is 6.54 Å². The zero-order valence-electron chi connectivity index (χ0n) is 8.47. The second-order valence-corrected chi connectivity index (χ2v) is 3.77. The molecule has 1 rings (SSSR count). The van der Waals surface area contributed by atoms with Crippen LogP contribution in [0.5, 0.6) is 0 Å². The molecule has 14 heavy (non-hydrogen) atoms. The predicted octanol–water partition coefficient (Wildman–Crippen LogP) is 0.623. The summed E-state index contributed by atoms with van der Waals surface area (Å²) in [6, 6.07) is 0. The average Bonchev–Trinajstić information content (AvgIpc) is 2.19. The van der Waals surface area contributed by atoms with Gasteiger partial charge < -0.3 is 5.11 Å². The van der Waals surface area contributed by atoms with E-state index in [4.69, 9.17) is 5.11 Å². The first-order chi connectivity index (χ1) is 6.77. The monoisotopic (exact) mass is 213 g/mol. The van der Waals surface area contributed by atoms with Crippen molar-refractivity contribution in [2.45, 2.75) is 11.6 Å². The maximum Gasteiger partial charge on any atom is 0.119 e. The summed E-state index contributed by atoms with van der Waals surface area (Å²) in [6.07, 6.45) is 5.38. The van der Waals surface area contributed by atoms with Gasteiger partial charge in [0.2, 0.25) is 0 Å². The molecule has 0 aromatic carbocycles. The van der Waals surface area contributed by atoms with Gasteiger partial charge in [-0.3, -0.25) is 9.88 Å². The third-order valence-corrected chi connectivity index (χ3v) is 2.56. The number of aliphatic hydroxyl groups excluding tert-OH is 1. The number of hydrogen-bond acceptors (Lipinski definition) is 5. The minimum Gasteiger partial charge on any atom is -0.395 e. The highest BCUT2D eigenvalue weighted by molar-refractivity contribution is 7.98. The van der Waals surface area contributed by atoms with Crippen LogP contribution in [0.25, 0.3) is 0 Å². The fourth-order valence-corrected chi connectivity index (χ4v) is 1.66. The number of thioether (sulfide) groups is 1. The molecular weight excluding hydrogens is 198 g/mol. The molecule has 0 unspecified atom stereocenters. The maximum atomic E-state index is 8.76. The van der Waals surface area contributed by atoms with Gasteiger partial charge in [0.15, 0.2) is 0 Å². The topological polar surface area (TPSA) is 49.2 Å². The van der Waals surface area contributed by atoms with Crippen LogP contribution in [0.1, 0.15) is 5.69 Å². The average molecular weight is 213 g/mol. The Balaban J connectivity index is 2.65. The van der Waals surface area contributed by atoms with Crippen LogP contribution >= 0.6 is 11.8 Å². The van der Waals surface area contributed by atoms with Crippen LogP contribution in [0.4, 0.5) is 0 Å². The summed E-state index contributed by atoms with van der Waals surface area (Å²) in [5, 5.41) is 9.71. The molecule has 0 fully saturated rings. The number of nitrogens with zero attached hydrogens (tertiary/aromatic N) is 3. The van der Waals surface area contributed by atoms with Crippen molar-refractivity contribution < 1.29 is 5.11 Å². The number of aliphatic hydroxyl groups is 1. The van der Waals surface area contributed by atoms with Gasteiger partial charge in [0, 0.05) is 25.5 Å². The quantitative estimate of drug-likeness (QED) is 0.727. The van der Waals surface area contributed by atoms with Crippen molar-refractivity contribution >= 4 is 11.8 Å². The Hall–Kier alpha value is -0.650. The molecule has 5 heteroatoms. The number of aromatic nitrogens is 2. The molecule has 0 saturated heterocycles. The highest BCUT2D eigenvalue weighted by Crippen LogP contribution is 2.15. The third kappa shape index (κ3) is 3.25. The van der Waals surface area contributed by atoms with Crippen LogP contribution in [0.15, 0.2) is 17.4 Å². The summed E-state index contributed by atoms with van der Waals surface area (Å²) >= 11 is 1.59. The van der Waals surface area contributed by atoms with Gasteiger partial charge in [-0.15, -0.1) is 11.8 Å². The first kappa shape index (κ1) is 11.4. The van der Waals surface area contributed by atoms with E-state index in [9.17, 15) is 0 Å². The molecule has 0 aliphatic rings. The zero-order chi connectivity index (χ0) is 10.4. The summed E-state index contributed by atoms with van der Waals surface area (Å²) in [5.41, 5.74) is 0.968. The molecule has 0 aliphatic heterocycles. The van der Waals surface area contributed by atoms with E-state index in [0.717, 1.165) is 17.3 Å². The fourth-order valence-electron chi connectivity index (χ4n) is 1.14. The van der Waals surface area contributed by atoms with Gasteiger partial charge in [0.05, 0.1) is 12.3 Å². The van der Waals surface area contributed by atoms with Crippen LogP contribution in [0.2, 0.25) is 0 Å². The SMILES string of the molecule is CSc1nccnc1CN(C)CCO. The van der Waals surface area contributed by atoms with Crippen molar-refractivity contribution in [3.8, 4) is 0 Å². The zero-order valence-corrected chi connectivity index (χ0v) is 9.29. The molecule has 0 amide bonds. The van der Waals surface area contributed by atoms with E-state index in [1.54, 1.807) is 24.2 Å². The molecule has 1 aromatic rings. The molecule has 78 valence electrons. The summed E-state index contributed by atoms with van der Waals surface area (Å²) in [6.45, 7) is 1.56. The van der Waals surface area contributed by atoms with Crippen LogP contribution in [-0.4, -0.2) is 46.4 Å². The smallest absolute Gasteiger partial charge is 0.119 e. The summed E-state index contributed by atoms with van der Waals surface area (Å²) < 4.78 is 0. The molecule has 0 atom stereocenters. The van der Waals surface area contributed by atoms with Gasteiger partial charge in [-0.25, -0.2) is 4.98 Å². The van der Waals surface area contributed by atoms with Gasteiger partial charge in [0.1, 0.15) is 5.03 Å². The second-order valence-electron chi connectivity index (χ2n) is 2.97.